The number of hydrogen-bond donors (Lipinski definition) is 0. The number of hydrogen-bond acceptors (Lipinski definition) is 6. The quantitative estimate of drug-likeness (QED) is 0.168. The molecule has 12 rings (SSSR count). The van der Waals surface area contributed by atoms with Crippen LogP contribution in [0.3, 0.4) is 0 Å². The van der Waals surface area contributed by atoms with Gasteiger partial charge in [-0.05, 0) is 58.7 Å². The molecule has 0 atom stereocenters. The van der Waals surface area contributed by atoms with Gasteiger partial charge in [0, 0.05) is 63.3 Å². The van der Waals surface area contributed by atoms with E-state index in [-0.39, 0.29) is 0 Å². The normalized spacial score (nSPS) is 11.7. The molecule has 0 unspecified atom stereocenters. The average Bonchev–Trinajstić information content (AvgIpc) is 3.90. The second kappa shape index (κ2) is 14.2. The van der Waals surface area contributed by atoms with Gasteiger partial charge in [0.2, 0.25) is 0 Å². The molecule has 4 heterocycles. The number of benzene rings is 8. The summed E-state index contributed by atoms with van der Waals surface area (Å²) in [6.45, 7) is 0. The van der Waals surface area contributed by atoms with Gasteiger partial charge in [-0.25, -0.2) is 19.9 Å². The summed E-state index contributed by atoms with van der Waals surface area (Å²) < 4.78 is 5.07. The second-order valence-electron chi connectivity index (χ2n) is 15.0. The van der Waals surface area contributed by atoms with Crippen molar-refractivity contribution in [2.24, 2.45) is 0 Å². The van der Waals surface area contributed by atoms with Crippen molar-refractivity contribution in [3.63, 3.8) is 0 Å². The van der Waals surface area contributed by atoms with Gasteiger partial charge in [0.1, 0.15) is 0 Å². The molecule has 0 fully saturated rings. The molecule has 0 N–H and O–H groups in total. The highest BCUT2D eigenvalue weighted by atomic mass is 32.1. The fraction of sp³-hybridized carbons (Fsp3) is 0. The molecule has 0 aliphatic heterocycles. The Morgan fingerprint density at radius 1 is 0.283 bits per heavy atom. The van der Waals surface area contributed by atoms with Crippen LogP contribution in [-0.2, 0) is 0 Å². The minimum Gasteiger partial charge on any atom is -0.246 e. The van der Waals surface area contributed by atoms with Crippen LogP contribution in [0.15, 0.2) is 194 Å². The number of pyridine rings is 1. The van der Waals surface area contributed by atoms with Crippen LogP contribution in [0.1, 0.15) is 0 Å². The Morgan fingerprint density at radius 2 is 0.767 bits per heavy atom. The highest BCUT2D eigenvalue weighted by molar-refractivity contribution is 7.26. The molecule has 0 saturated carbocycles. The van der Waals surface area contributed by atoms with E-state index >= 15 is 0 Å². The Balaban J connectivity index is 0.983. The molecule has 0 bridgehead atoms. The molecule has 0 radical (unpaired) electrons. The molecule has 8 aromatic carbocycles. The zero-order chi connectivity index (χ0) is 39.6. The number of thiophene rings is 2. The van der Waals surface area contributed by atoms with Crippen molar-refractivity contribution >= 4 is 73.9 Å². The summed E-state index contributed by atoms with van der Waals surface area (Å²) in [4.78, 5) is 20.4. The van der Waals surface area contributed by atoms with Gasteiger partial charge >= 0.3 is 0 Å². The summed E-state index contributed by atoms with van der Waals surface area (Å²) >= 11 is 3.67. The van der Waals surface area contributed by atoms with E-state index in [0.29, 0.717) is 17.5 Å². The first kappa shape index (κ1) is 34.6. The van der Waals surface area contributed by atoms with Crippen molar-refractivity contribution < 1.29 is 0 Å². The van der Waals surface area contributed by atoms with Crippen LogP contribution in [0.2, 0.25) is 0 Å². The first-order valence-electron chi connectivity index (χ1n) is 20.0. The largest absolute Gasteiger partial charge is 0.246 e. The third-order valence-corrected chi connectivity index (χ3v) is 13.6. The summed E-state index contributed by atoms with van der Waals surface area (Å²) in [5, 5.41) is 6.31. The van der Waals surface area contributed by atoms with Gasteiger partial charge in [0.15, 0.2) is 17.5 Å². The molecule has 0 amide bonds. The molecule has 4 aromatic heterocycles. The third-order valence-electron chi connectivity index (χ3n) is 11.3. The molecule has 4 nitrogen and oxygen atoms in total. The maximum absolute atomic E-state index is 5.52. The summed E-state index contributed by atoms with van der Waals surface area (Å²) in [6.07, 6.45) is 0. The minimum absolute atomic E-state index is 0.631. The van der Waals surface area contributed by atoms with Crippen molar-refractivity contribution in [3.05, 3.63) is 194 Å². The van der Waals surface area contributed by atoms with Crippen LogP contribution < -0.4 is 0 Å². The third kappa shape index (κ3) is 5.96. The lowest BCUT2D eigenvalue weighted by Crippen LogP contribution is -2.00. The van der Waals surface area contributed by atoms with E-state index in [1.165, 1.54) is 51.3 Å². The molecule has 12 aromatic rings. The highest BCUT2D eigenvalue weighted by Gasteiger charge is 2.18. The van der Waals surface area contributed by atoms with E-state index in [2.05, 4.69) is 133 Å². The lowest BCUT2D eigenvalue weighted by atomic mass is 9.97. The molecule has 0 spiro atoms. The fourth-order valence-corrected chi connectivity index (χ4v) is 10.8. The van der Waals surface area contributed by atoms with Gasteiger partial charge in [-0.1, -0.05) is 158 Å². The topological polar surface area (TPSA) is 51.6 Å². The summed E-state index contributed by atoms with van der Waals surface area (Å²) in [6, 6.07) is 68.5. The van der Waals surface area contributed by atoms with Crippen LogP contribution in [0.25, 0.3) is 119 Å². The van der Waals surface area contributed by atoms with E-state index in [0.717, 1.165) is 50.2 Å². The van der Waals surface area contributed by atoms with Crippen molar-refractivity contribution in [3.8, 4) is 67.7 Å². The molecule has 6 heteroatoms. The van der Waals surface area contributed by atoms with Gasteiger partial charge < -0.3 is 0 Å². The molecular formula is C54H32N4S2. The van der Waals surface area contributed by atoms with E-state index in [1.54, 1.807) is 0 Å². The Labute approximate surface area is 353 Å². The van der Waals surface area contributed by atoms with Gasteiger partial charge in [-0.3, -0.25) is 0 Å². The van der Waals surface area contributed by atoms with Crippen molar-refractivity contribution in [2.75, 3.05) is 0 Å². The van der Waals surface area contributed by atoms with Crippen LogP contribution in [0, 0.1) is 0 Å². The van der Waals surface area contributed by atoms with E-state index in [1.807, 2.05) is 83.3 Å². The maximum Gasteiger partial charge on any atom is 0.164 e. The van der Waals surface area contributed by atoms with E-state index in [4.69, 9.17) is 19.9 Å². The van der Waals surface area contributed by atoms with E-state index < -0.39 is 0 Å². The fourth-order valence-electron chi connectivity index (χ4n) is 8.39. The van der Waals surface area contributed by atoms with Gasteiger partial charge in [-0.2, -0.15) is 0 Å². The van der Waals surface area contributed by atoms with Crippen molar-refractivity contribution in [2.45, 2.75) is 0 Å². The first-order valence-corrected chi connectivity index (χ1v) is 21.6. The highest BCUT2D eigenvalue weighted by Crippen LogP contribution is 2.44. The molecule has 280 valence electrons. The Kier molecular flexibility index (Phi) is 8.18. The Morgan fingerprint density at radius 3 is 1.47 bits per heavy atom. The lowest BCUT2D eigenvalue weighted by Gasteiger charge is -2.12. The predicted octanol–water partition coefficient (Wildman–Crippen LogP) is 15.2. The Hall–Kier alpha value is -7.38. The zero-order valence-electron chi connectivity index (χ0n) is 32.1. The van der Waals surface area contributed by atoms with Gasteiger partial charge in [-0.15, -0.1) is 22.7 Å². The minimum atomic E-state index is 0.631. The van der Waals surface area contributed by atoms with Crippen molar-refractivity contribution in [1.82, 2.24) is 19.9 Å². The Bertz CT molecular complexity index is 3550. The number of fused-ring (bicyclic) bond motifs is 8. The summed E-state index contributed by atoms with van der Waals surface area (Å²) in [5.74, 6) is 1.92. The van der Waals surface area contributed by atoms with Crippen molar-refractivity contribution in [1.29, 1.82) is 0 Å². The first-order chi connectivity index (χ1) is 29.7. The lowest BCUT2D eigenvalue weighted by molar-refractivity contribution is 1.07. The van der Waals surface area contributed by atoms with E-state index in [9.17, 15) is 0 Å². The van der Waals surface area contributed by atoms with Crippen LogP contribution in [-0.4, -0.2) is 19.9 Å². The molecule has 0 saturated heterocycles. The van der Waals surface area contributed by atoms with Gasteiger partial charge in [0.25, 0.3) is 0 Å². The molecule has 60 heavy (non-hydrogen) atoms. The molecule has 0 aliphatic rings. The molecular weight excluding hydrogens is 769 g/mol. The van der Waals surface area contributed by atoms with Crippen LogP contribution in [0.5, 0.6) is 0 Å². The number of rotatable bonds is 6. The monoisotopic (exact) mass is 800 g/mol. The molecule has 0 aliphatic carbocycles. The summed E-state index contributed by atoms with van der Waals surface area (Å²) in [5.41, 5.74) is 10.4. The summed E-state index contributed by atoms with van der Waals surface area (Å²) in [7, 11) is 0. The van der Waals surface area contributed by atoms with Gasteiger partial charge in [0.05, 0.1) is 15.9 Å². The predicted molar refractivity (Wildman–Crippen MR) is 254 cm³/mol. The zero-order valence-corrected chi connectivity index (χ0v) is 33.7. The van der Waals surface area contributed by atoms with Crippen LogP contribution >= 0.6 is 22.7 Å². The standard InChI is InChI=1S/C54H32N4S2/c1-3-13-33(14-4-1)52-56-53(34-15-5-2-6-16-34)58-54(57-52)40-20-12-18-36(30-40)35-17-11-19-39(29-35)50-51-49(44-22-8-10-24-47(44)60-51)43-28-26-37(31-45(43)55-50)38-25-27-42-41-21-7-9-23-46(41)59-48(42)32-38/h1-32H. The number of aromatic nitrogens is 4. The van der Waals surface area contributed by atoms with Crippen LogP contribution in [0.4, 0.5) is 0 Å². The smallest absolute Gasteiger partial charge is 0.164 e. The SMILES string of the molecule is c1ccc(-c2nc(-c3ccccc3)nc(-c3cccc(-c4cccc(-c5nc6cc(-c7ccc8c(c7)sc7ccccc78)ccc6c6c5sc5ccccc56)c4)c3)n2)cc1. The second-order valence-corrected chi connectivity index (χ2v) is 17.1. The average molecular weight is 801 g/mol. The maximum atomic E-state index is 5.52. The number of nitrogens with zero attached hydrogens (tertiary/aromatic N) is 4.